The standard InChI is InChI=1S/C15H8N4O4S/c16-6-9(7-17)12(8-18)19-15-11-4-2-1-3-10(11)14(5-13(15)20)24(21,22)23/h1-5,19-20H,(H,21,22,23). The molecule has 0 fully saturated rings. The molecule has 2 aromatic rings. The van der Waals surface area contributed by atoms with Gasteiger partial charge in [0.25, 0.3) is 10.1 Å². The summed E-state index contributed by atoms with van der Waals surface area (Å²) in [6.07, 6.45) is 0. The summed E-state index contributed by atoms with van der Waals surface area (Å²) in [5.74, 6) is -0.579. The van der Waals surface area contributed by atoms with E-state index in [4.69, 9.17) is 15.8 Å². The van der Waals surface area contributed by atoms with Crippen LogP contribution in [-0.2, 0) is 10.1 Å². The molecule has 118 valence electrons. The van der Waals surface area contributed by atoms with Crippen LogP contribution in [0.3, 0.4) is 0 Å². The van der Waals surface area contributed by atoms with Gasteiger partial charge in [-0.15, -0.1) is 0 Å². The molecule has 0 aromatic heterocycles. The SMILES string of the molecule is N#CC(C#N)=C(C#N)Nc1c(O)cc(S(=O)(=O)O)c2ccccc12. The van der Waals surface area contributed by atoms with Crippen molar-refractivity contribution < 1.29 is 18.1 Å². The highest BCUT2D eigenvalue weighted by molar-refractivity contribution is 7.86. The molecule has 0 aliphatic heterocycles. The number of hydrogen-bond donors (Lipinski definition) is 3. The molecule has 9 heteroatoms. The minimum atomic E-state index is -4.60. The van der Waals surface area contributed by atoms with Gasteiger partial charge in [0.1, 0.15) is 34.5 Å². The van der Waals surface area contributed by atoms with Crippen LogP contribution in [0.25, 0.3) is 10.8 Å². The van der Waals surface area contributed by atoms with Crippen molar-refractivity contribution >= 4 is 26.6 Å². The fraction of sp³-hybridized carbons (Fsp3) is 0. The molecule has 0 radical (unpaired) electrons. The van der Waals surface area contributed by atoms with Crippen molar-refractivity contribution in [2.24, 2.45) is 0 Å². The number of nitrogens with zero attached hydrogens (tertiary/aromatic N) is 3. The van der Waals surface area contributed by atoms with E-state index in [1.807, 2.05) is 0 Å². The van der Waals surface area contributed by atoms with Gasteiger partial charge in [-0.3, -0.25) is 4.55 Å². The van der Waals surface area contributed by atoms with Gasteiger partial charge < -0.3 is 10.4 Å². The second kappa shape index (κ2) is 6.27. The second-order valence-corrected chi connectivity index (χ2v) is 5.89. The minimum absolute atomic E-state index is 0.0717. The summed E-state index contributed by atoms with van der Waals surface area (Å²) >= 11 is 0. The fourth-order valence-electron chi connectivity index (χ4n) is 2.08. The van der Waals surface area contributed by atoms with Crippen LogP contribution in [-0.4, -0.2) is 18.1 Å². The van der Waals surface area contributed by atoms with E-state index in [1.54, 1.807) is 24.3 Å². The monoisotopic (exact) mass is 340 g/mol. The molecular formula is C15H8N4O4S. The van der Waals surface area contributed by atoms with Gasteiger partial charge in [-0.1, -0.05) is 24.3 Å². The molecule has 0 atom stereocenters. The van der Waals surface area contributed by atoms with Gasteiger partial charge in [-0.2, -0.15) is 24.2 Å². The summed E-state index contributed by atoms with van der Waals surface area (Å²) in [5.41, 5.74) is -0.975. The first-order valence-electron chi connectivity index (χ1n) is 6.27. The highest BCUT2D eigenvalue weighted by Gasteiger charge is 2.20. The lowest BCUT2D eigenvalue weighted by Gasteiger charge is -2.13. The predicted octanol–water partition coefficient (Wildman–Crippen LogP) is 2.03. The number of nitriles is 3. The lowest BCUT2D eigenvalue weighted by molar-refractivity contribution is 0.469. The van der Waals surface area contributed by atoms with E-state index in [2.05, 4.69) is 5.32 Å². The van der Waals surface area contributed by atoms with Crippen molar-refractivity contribution in [3.05, 3.63) is 41.6 Å². The number of aromatic hydroxyl groups is 1. The van der Waals surface area contributed by atoms with Crippen LogP contribution in [0.5, 0.6) is 5.75 Å². The Morgan fingerprint density at radius 1 is 1.04 bits per heavy atom. The Kier molecular flexibility index (Phi) is 4.38. The molecule has 2 aromatic carbocycles. The van der Waals surface area contributed by atoms with E-state index in [0.717, 1.165) is 6.07 Å². The topological polar surface area (TPSA) is 158 Å². The normalized spacial score (nSPS) is 10.2. The number of anilines is 1. The molecule has 0 unspecified atom stereocenters. The second-order valence-electron chi connectivity index (χ2n) is 4.50. The largest absolute Gasteiger partial charge is 0.506 e. The molecule has 8 nitrogen and oxygen atoms in total. The molecule has 0 amide bonds. The van der Waals surface area contributed by atoms with Crippen LogP contribution in [0, 0.1) is 34.0 Å². The number of phenols is 1. The van der Waals surface area contributed by atoms with E-state index >= 15 is 0 Å². The molecule has 0 saturated heterocycles. The summed E-state index contributed by atoms with van der Waals surface area (Å²) in [6, 6.07) is 11.4. The number of nitrogens with one attached hydrogen (secondary N) is 1. The highest BCUT2D eigenvalue weighted by atomic mass is 32.2. The van der Waals surface area contributed by atoms with E-state index in [0.29, 0.717) is 0 Å². The Morgan fingerprint density at radius 3 is 2.12 bits per heavy atom. The zero-order valence-corrected chi connectivity index (χ0v) is 12.7. The molecule has 2 rings (SSSR count). The predicted molar refractivity (Wildman–Crippen MR) is 82.9 cm³/mol. The quantitative estimate of drug-likeness (QED) is 0.435. The first-order valence-corrected chi connectivity index (χ1v) is 7.71. The number of hydrogen-bond acceptors (Lipinski definition) is 7. The average molecular weight is 340 g/mol. The van der Waals surface area contributed by atoms with Crippen LogP contribution in [0.15, 0.2) is 46.5 Å². The Hall–Kier alpha value is -3.58. The number of allylic oxidation sites excluding steroid dienone is 2. The highest BCUT2D eigenvalue weighted by Crippen LogP contribution is 2.37. The lowest BCUT2D eigenvalue weighted by atomic mass is 10.1. The summed E-state index contributed by atoms with van der Waals surface area (Å²) in [5, 5.41) is 39.6. The molecule has 0 aliphatic carbocycles. The van der Waals surface area contributed by atoms with Gasteiger partial charge >= 0.3 is 0 Å². The maximum Gasteiger partial charge on any atom is 0.295 e. The van der Waals surface area contributed by atoms with Gasteiger partial charge in [0.05, 0.1) is 5.69 Å². The Balaban J connectivity index is 2.83. The van der Waals surface area contributed by atoms with Crippen molar-refractivity contribution in [2.45, 2.75) is 4.90 Å². The summed E-state index contributed by atoms with van der Waals surface area (Å²) in [4.78, 5) is -0.510. The number of rotatable bonds is 3. The number of benzene rings is 2. The maximum atomic E-state index is 11.5. The summed E-state index contributed by atoms with van der Waals surface area (Å²) in [6.45, 7) is 0. The van der Waals surface area contributed by atoms with E-state index in [9.17, 15) is 18.1 Å². The molecule has 0 heterocycles. The van der Waals surface area contributed by atoms with Crippen LogP contribution < -0.4 is 5.32 Å². The Labute approximate surface area is 136 Å². The smallest absolute Gasteiger partial charge is 0.295 e. The zero-order chi connectivity index (χ0) is 17.9. The fourth-order valence-corrected chi connectivity index (χ4v) is 2.80. The first kappa shape index (κ1) is 16.8. The first-order chi connectivity index (χ1) is 11.3. The summed E-state index contributed by atoms with van der Waals surface area (Å²) < 4.78 is 32.2. The van der Waals surface area contributed by atoms with Crippen LogP contribution in [0.4, 0.5) is 5.69 Å². The van der Waals surface area contributed by atoms with Crippen LogP contribution >= 0.6 is 0 Å². The van der Waals surface area contributed by atoms with Gasteiger partial charge in [0.15, 0.2) is 5.57 Å². The third-order valence-corrected chi connectivity index (χ3v) is 3.99. The lowest BCUT2D eigenvalue weighted by Crippen LogP contribution is -2.04. The van der Waals surface area contributed by atoms with Gasteiger partial charge in [0, 0.05) is 16.8 Å². The van der Waals surface area contributed by atoms with E-state index < -0.39 is 32.0 Å². The van der Waals surface area contributed by atoms with E-state index in [1.165, 1.54) is 18.2 Å². The Bertz CT molecular complexity index is 1080. The van der Waals surface area contributed by atoms with Crippen molar-refractivity contribution in [2.75, 3.05) is 5.32 Å². The molecule has 3 N–H and O–H groups in total. The minimum Gasteiger partial charge on any atom is -0.506 e. The van der Waals surface area contributed by atoms with Crippen LogP contribution in [0.2, 0.25) is 0 Å². The third kappa shape index (κ3) is 2.96. The van der Waals surface area contributed by atoms with Crippen molar-refractivity contribution in [1.82, 2.24) is 0 Å². The van der Waals surface area contributed by atoms with Gasteiger partial charge in [0.2, 0.25) is 0 Å². The van der Waals surface area contributed by atoms with Crippen molar-refractivity contribution in [3.8, 4) is 24.0 Å². The van der Waals surface area contributed by atoms with Gasteiger partial charge in [-0.05, 0) is 0 Å². The zero-order valence-electron chi connectivity index (χ0n) is 11.8. The average Bonchev–Trinajstić information content (AvgIpc) is 2.55. The molecule has 0 bridgehead atoms. The molecule has 0 spiro atoms. The van der Waals surface area contributed by atoms with Crippen LogP contribution in [0.1, 0.15) is 0 Å². The van der Waals surface area contributed by atoms with Crippen molar-refractivity contribution in [1.29, 1.82) is 15.8 Å². The van der Waals surface area contributed by atoms with Gasteiger partial charge in [-0.25, -0.2) is 0 Å². The van der Waals surface area contributed by atoms with E-state index in [-0.39, 0.29) is 16.5 Å². The molecular weight excluding hydrogens is 332 g/mol. The molecule has 24 heavy (non-hydrogen) atoms. The number of fused-ring (bicyclic) bond motifs is 1. The third-order valence-electron chi connectivity index (χ3n) is 3.10. The maximum absolute atomic E-state index is 11.5. The molecule has 0 saturated carbocycles. The number of phenolic OH excluding ortho intramolecular Hbond substituents is 1. The molecule has 0 aliphatic rings. The summed E-state index contributed by atoms with van der Waals surface area (Å²) in [7, 11) is -4.60. The Morgan fingerprint density at radius 2 is 1.62 bits per heavy atom. The van der Waals surface area contributed by atoms with Crippen molar-refractivity contribution in [3.63, 3.8) is 0 Å².